The van der Waals surface area contributed by atoms with Gasteiger partial charge in [-0.15, -0.1) is 0 Å². The predicted octanol–water partition coefficient (Wildman–Crippen LogP) is 4.22. The first-order chi connectivity index (χ1) is 12.4. The van der Waals surface area contributed by atoms with Gasteiger partial charge in [0.25, 0.3) is 0 Å². The molecule has 2 heterocycles. The van der Waals surface area contributed by atoms with Crippen molar-refractivity contribution in [2.45, 2.75) is 6.42 Å². The summed E-state index contributed by atoms with van der Waals surface area (Å²) in [6.45, 7) is 0. The Kier molecular flexibility index (Phi) is 4.90. The highest BCUT2D eigenvalue weighted by molar-refractivity contribution is 6.31. The molecule has 3 aromatic rings. The number of pyridine rings is 2. The lowest BCUT2D eigenvalue weighted by Crippen LogP contribution is -2.12. The van der Waals surface area contributed by atoms with Gasteiger partial charge in [0.05, 0.1) is 11.3 Å². The number of hydrogen-bond acceptors (Lipinski definition) is 4. The quantitative estimate of drug-likeness (QED) is 0.691. The van der Waals surface area contributed by atoms with Crippen LogP contribution in [0.1, 0.15) is 16.1 Å². The zero-order chi connectivity index (χ0) is 18.8. The Morgan fingerprint density at radius 3 is 2.46 bits per heavy atom. The van der Waals surface area contributed by atoms with E-state index in [4.69, 9.17) is 17.3 Å². The summed E-state index contributed by atoms with van der Waals surface area (Å²) in [4.78, 5) is 20.2. The molecule has 0 fully saturated rings. The van der Waals surface area contributed by atoms with Crippen LogP contribution >= 0.6 is 11.6 Å². The minimum atomic E-state index is -1.04. The Balaban J connectivity index is 2.06. The SMILES string of the molecule is Nc1cc(F)c(-c2c(F)cccc2F)nc1C(=O)Cc1cnccc1Cl. The topological polar surface area (TPSA) is 68.9 Å². The Morgan fingerprint density at radius 1 is 1.12 bits per heavy atom. The number of nitrogens with zero attached hydrogens (tertiary/aromatic N) is 2. The standard InChI is InChI=1S/C18H11ClF3N3O/c19-10-4-5-24-8-9(10)6-15(26)18-14(23)7-13(22)17(25-18)16-11(20)2-1-3-12(16)21/h1-5,7-8H,6,23H2. The summed E-state index contributed by atoms with van der Waals surface area (Å²) < 4.78 is 42.1. The van der Waals surface area contributed by atoms with E-state index in [2.05, 4.69) is 9.97 Å². The Bertz CT molecular complexity index is 991. The van der Waals surface area contributed by atoms with Crippen LogP contribution in [-0.4, -0.2) is 15.8 Å². The molecule has 3 rings (SSSR count). The van der Waals surface area contributed by atoms with Gasteiger partial charge in [0.1, 0.15) is 23.0 Å². The van der Waals surface area contributed by atoms with E-state index in [1.54, 1.807) is 0 Å². The number of rotatable bonds is 4. The summed E-state index contributed by atoms with van der Waals surface area (Å²) in [6.07, 6.45) is 2.66. The van der Waals surface area contributed by atoms with Crippen LogP contribution < -0.4 is 5.73 Å². The van der Waals surface area contributed by atoms with Crippen molar-refractivity contribution in [3.63, 3.8) is 0 Å². The number of halogens is 4. The Labute approximate surface area is 151 Å². The molecule has 0 aliphatic carbocycles. The van der Waals surface area contributed by atoms with E-state index >= 15 is 0 Å². The molecule has 0 spiro atoms. The third kappa shape index (κ3) is 3.39. The summed E-state index contributed by atoms with van der Waals surface area (Å²) in [5, 5.41) is 0.314. The molecule has 0 aliphatic heterocycles. The van der Waals surface area contributed by atoms with E-state index in [-0.39, 0.29) is 17.8 Å². The minimum Gasteiger partial charge on any atom is -0.397 e. The average Bonchev–Trinajstić information content (AvgIpc) is 2.58. The third-order valence-corrected chi connectivity index (χ3v) is 4.03. The molecule has 0 saturated heterocycles. The summed E-state index contributed by atoms with van der Waals surface area (Å²) in [7, 11) is 0. The van der Waals surface area contributed by atoms with Gasteiger partial charge in [-0.25, -0.2) is 18.2 Å². The number of carbonyl (C=O) groups is 1. The number of benzene rings is 1. The maximum atomic E-state index is 14.2. The van der Waals surface area contributed by atoms with E-state index in [9.17, 15) is 18.0 Å². The highest BCUT2D eigenvalue weighted by Crippen LogP contribution is 2.29. The molecular weight excluding hydrogens is 367 g/mol. The van der Waals surface area contributed by atoms with Gasteiger partial charge >= 0.3 is 0 Å². The van der Waals surface area contributed by atoms with Crippen LogP contribution in [0.4, 0.5) is 18.9 Å². The van der Waals surface area contributed by atoms with Crippen LogP contribution in [-0.2, 0) is 6.42 Å². The van der Waals surface area contributed by atoms with Crippen molar-refractivity contribution in [3.8, 4) is 11.3 Å². The van der Waals surface area contributed by atoms with E-state index in [1.807, 2.05) is 0 Å². The highest BCUT2D eigenvalue weighted by Gasteiger charge is 2.22. The van der Waals surface area contributed by atoms with Crippen LogP contribution in [0, 0.1) is 17.5 Å². The fourth-order valence-corrected chi connectivity index (χ4v) is 2.59. The second-order valence-electron chi connectivity index (χ2n) is 5.42. The highest BCUT2D eigenvalue weighted by atomic mass is 35.5. The first kappa shape index (κ1) is 17.9. The molecule has 26 heavy (non-hydrogen) atoms. The van der Waals surface area contributed by atoms with E-state index in [1.165, 1.54) is 18.5 Å². The fraction of sp³-hybridized carbons (Fsp3) is 0.0556. The van der Waals surface area contributed by atoms with Crippen molar-refractivity contribution in [2.24, 2.45) is 0 Å². The van der Waals surface area contributed by atoms with Crippen LogP contribution in [0.15, 0.2) is 42.7 Å². The van der Waals surface area contributed by atoms with E-state index < -0.39 is 34.5 Å². The van der Waals surface area contributed by atoms with Crippen molar-refractivity contribution in [1.82, 2.24) is 9.97 Å². The second kappa shape index (κ2) is 7.13. The lowest BCUT2D eigenvalue weighted by atomic mass is 10.0. The number of aromatic nitrogens is 2. The number of ketones is 1. The summed E-state index contributed by atoms with van der Waals surface area (Å²) in [5.41, 5.74) is 4.26. The zero-order valence-corrected chi connectivity index (χ0v) is 13.9. The summed E-state index contributed by atoms with van der Waals surface area (Å²) in [6, 6.07) is 5.39. The molecule has 0 amide bonds. The monoisotopic (exact) mass is 377 g/mol. The van der Waals surface area contributed by atoms with Crippen LogP contribution in [0.3, 0.4) is 0 Å². The number of nitrogens with two attached hydrogens (primary N) is 1. The number of nitrogen functional groups attached to an aromatic ring is 1. The van der Waals surface area contributed by atoms with Crippen molar-refractivity contribution in [1.29, 1.82) is 0 Å². The molecule has 0 atom stereocenters. The number of carbonyl (C=O) groups excluding carboxylic acids is 1. The Hall–Kier alpha value is -2.93. The molecule has 0 saturated carbocycles. The molecule has 4 nitrogen and oxygen atoms in total. The van der Waals surface area contributed by atoms with Crippen molar-refractivity contribution in [2.75, 3.05) is 5.73 Å². The molecule has 0 bridgehead atoms. The number of anilines is 1. The molecule has 2 aromatic heterocycles. The van der Waals surface area contributed by atoms with Crippen molar-refractivity contribution >= 4 is 23.1 Å². The van der Waals surface area contributed by atoms with Crippen LogP contribution in [0.25, 0.3) is 11.3 Å². The lowest BCUT2D eigenvalue weighted by Gasteiger charge is -2.10. The van der Waals surface area contributed by atoms with Crippen LogP contribution in [0.2, 0.25) is 5.02 Å². The minimum absolute atomic E-state index is 0.200. The molecule has 2 N–H and O–H groups in total. The smallest absolute Gasteiger partial charge is 0.187 e. The van der Waals surface area contributed by atoms with Gasteiger partial charge in [-0.2, -0.15) is 0 Å². The zero-order valence-electron chi connectivity index (χ0n) is 13.1. The first-order valence-electron chi connectivity index (χ1n) is 7.40. The predicted molar refractivity (Wildman–Crippen MR) is 91.2 cm³/mol. The van der Waals surface area contributed by atoms with Gasteiger partial charge < -0.3 is 5.73 Å². The van der Waals surface area contributed by atoms with Gasteiger partial charge in [0.15, 0.2) is 11.6 Å². The maximum absolute atomic E-state index is 14.2. The summed E-state index contributed by atoms with van der Waals surface area (Å²) in [5.74, 6) is -3.64. The van der Waals surface area contributed by atoms with Gasteiger partial charge in [-0.3, -0.25) is 9.78 Å². The van der Waals surface area contributed by atoms with Gasteiger partial charge in [0.2, 0.25) is 0 Å². The normalized spacial score (nSPS) is 10.8. The van der Waals surface area contributed by atoms with Gasteiger partial charge in [-0.05, 0) is 23.8 Å². The lowest BCUT2D eigenvalue weighted by molar-refractivity contribution is 0.0989. The van der Waals surface area contributed by atoms with E-state index in [0.717, 1.165) is 24.3 Å². The van der Waals surface area contributed by atoms with E-state index in [0.29, 0.717) is 10.6 Å². The van der Waals surface area contributed by atoms with Crippen LogP contribution in [0.5, 0.6) is 0 Å². The average molecular weight is 378 g/mol. The van der Waals surface area contributed by atoms with Crippen molar-refractivity contribution in [3.05, 3.63) is 76.5 Å². The molecular formula is C18H11ClF3N3O. The van der Waals surface area contributed by atoms with Crippen molar-refractivity contribution < 1.29 is 18.0 Å². The maximum Gasteiger partial charge on any atom is 0.187 e. The molecule has 132 valence electrons. The number of hydrogen-bond donors (Lipinski definition) is 1. The van der Waals surface area contributed by atoms with Gasteiger partial charge in [-0.1, -0.05) is 17.7 Å². The molecule has 1 aromatic carbocycles. The largest absolute Gasteiger partial charge is 0.397 e. The number of Topliss-reactive ketones (excluding diaryl/α,β-unsaturated/α-hetero) is 1. The molecule has 0 radical (unpaired) electrons. The summed E-state index contributed by atoms with van der Waals surface area (Å²) >= 11 is 5.99. The molecule has 0 unspecified atom stereocenters. The second-order valence-corrected chi connectivity index (χ2v) is 5.83. The van der Waals surface area contributed by atoms with Gasteiger partial charge in [0, 0.05) is 29.9 Å². The third-order valence-electron chi connectivity index (χ3n) is 3.66. The first-order valence-corrected chi connectivity index (χ1v) is 7.78. The fourth-order valence-electron chi connectivity index (χ4n) is 2.42. The molecule has 8 heteroatoms. The molecule has 0 aliphatic rings. The Morgan fingerprint density at radius 2 is 1.81 bits per heavy atom.